The van der Waals surface area contributed by atoms with E-state index in [0.29, 0.717) is 6.54 Å². The van der Waals surface area contributed by atoms with Gasteiger partial charge in [0.2, 0.25) is 11.8 Å². The monoisotopic (exact) mass is 253 g/mol. The molecule has 2 atom stereocenters. The minimum absolute atomic E-state index is 0.000117. The Kier molecular flexibility index (Phi) is 3.61. The van der Waals surface area contributed by atoms with Crippen molar-refractivity contribution in [3.05, 3.63) is 0 Å². The van der Waals surface area contributed by atoms with E-state index in [-0.39, 0.29) is 23.8 Å². The molecule has 2 amide bonds. The Morgan fingerprint density at radius 2 is 2.28 bits per heavy atom. The zero-order chi connectivity index (χ0) is 13.3. The Labute approximate surface area is 108 Å². The molecular formula is C13H23N3O2. The lowest BCUT2D eigenvalue weighted by Crippen LogP contribution is -2.59. The van der Waals surface area contributed by atoms with Crippen LogP contribution in [0.3, 0.4) is 0 Å². The van der Waals surface area contributed by atoms with Crippen molar-refractivity contribution in [2.24, 2.45) is 5.92 Å². The molecule has 0 saturated carbocycles. The molecule has 0 aromatic rings. The van der Waals surface area contributed by atoms with E-state index >= 15 is 0 Å². The maximum Gasteiger partial charge on any atom is 0.242 e. The van der Waals surface area contributed by atoms with Crippen LogP contribution in [0, 0.1) is 5.92 Å². The normalized spacial score (nSPS) is 27.9. The van der Waals surface area contributed by atoms with E-state index in [2.05, 4.69) is 10.6 Å². The number of likely N-dealkylation sites (N-methyl/N-ethyl adjacent to an activating group) is 1. The van der Waals surface area contributed by atoms with E-state index < -0.39 is 5.54 Å². The first-order chi connectivity index (χ1) is 8.47. The van der Waals surface area contributed by atoms with Gasteiger partial charge >= 0.3 is 0 Å². The molecule has 2 aliphatic heterocycles. The van der Waals surface area contributed by atoms with Crippen molar-refractivity contribution in [1.29, 1.82) is 0 Å². The third-order valence-corrected chi connectivity index (χ3v) is 4.02. The highest BCUT2D eigenvalue weighted by Gasteiger charge is 2.45. The van der Waals surface area contributed by atoms with E-state index in [9.17, 15) is 9.59 Å². The molecule has 0 bridgehead atoms. The fraction of sp³-hybridized carbons (Fsp3) is 0.846. The number of nitrogens with zero attached hydrogens (tertiary/aromatic N) is 1. The summed E-state index contributed by atoms with van der Waals surface area (Å²) in [6.45, 7) is 7.95. The van der Waals surface area contributed by atoms with Gasteiger partial charge in [-0.2, -0.15) is 0 Å². The largest absolute Gasteiger partial charge is 0.354 e. The molecule has 2 rings (SSSR count). The van der Waals surface area contributed by atoms with Crippen LogP contribution in [0.2, 0.25) is 0 Å². The number of carbonyl (C=O) groups excluding carboxylic acids is 2. The second-order valence-electron chi connectivity index (χ2n) is 5.72. The van der Waals surface area contributed by atoms with Gasteiger partial charge in [-0.15, -0.1) is 0 Å². The average Bonchev–Trinajstić information content (AvgIpc) is 2.70. The summed E-state index contributed by atoms with van der Waals surface area (Å²) in [5, 5.41) is 6.09. The number of fused-ring (bicyclic) bond motifs is 1. The Morgan fingerprint density at radius 3 is 2.94 bits per heavy atom. The van der Waals surface area contributed by atoms with E-state index in [1.165, 1.54) is 0 Å². The van der Waals surface area contributed by atoms with Crippen LogP contribution < -0.4 is 10.6 Å². The number of rotatable bonds is 3. The van der Waals surface area contributed by atoms with Crippen LogP contribution in [0.15, 0.2) is 0 Å². The minimum atomic E-state index is -0.553. The summed E-state index contributed by atoms with van der Waals surface area (Å²) in [7, 11) is 0. The maximum absolute atomic E-state index is 12.6. The Bertz CT molecular complexity index is 354. The van der Waals surface area contributed by atoms with Gasteiger partial charge in [0.25, 0.3) is 0 Å². The van der Waals surface area contributed by atoms with Crippen molar-refractivity contribution in [2.45, 2.75) is 45.2 Å². The van der Waals surface area contributed by atoms with Crippen molar-refractivity contribution in [3.63, 3.8) is 0 Å². The molecule has 102 valence electrons. The van der Waals surface area contributed by atoms with Crippen molar-refractivity contribution in [2.75, 3.05) is 19.6 Å². The van der Waals surface area contributed by atoms with Gasteiger partial charge in [0.15, 0.2) is 0 Å². The standard InChI is InChI=1S/C13H23N3O2/c1-4-15-13(2,3)12(18)16-7-5-6-9-10(16)8-14-11(9)17/h9-10,15H,4-8H2,1-3H3,(H,14,17). The molecule has 18 heavy (non-hydrogen) atoms. The zero-order valence-corrected chi connectivity index (χ0v) is 11.5. The molecule has 0 aromatic heterocycles. The van der Waals surface area contributed by atoms with Crippen molar-refractivity contribution in [1.82, 2.24) is 15.5 Å². The number of hydrogen-bond donors (Lipinski definition) is 2. The van der Waals surface area contributed by atoms with Gasteiger partial charge in [-0.3, -0.25) is 9.59 Å². The molecular weight excluding hydrogens is 230 g/mol. The highest BCUT2D eigenvalue weighted by Crippen LogP contribution is 2.29. The molecule has 0 radical (unpaired) electrons. The summed E-state index contributed by atoms with van der Waals surface area (Å²) >= 11 is 0. The Balaban J connectivity index is 2.12. The SMILES string of the molecule is CCNC(C)(C)C(=O)N1CCCC2C(=O)NCC21. The van der Waals surface area contributed by atoms with Crippen molar-refractivity contribution < 1.29 is 9.59 Å². The summed E-state index contributed by atoms with van der Waals surface area (Å²) in [5.74, 6) is 0.217. The molecule has 0 aromatic carbocycles. The first-order valence-electron chi connectivity index (χ1n) is 6.81. The fourth-order valence-electron chi connectivity index (χ4n) is 3.08. The minimum Gasteiger partial charge on any atom is -0.354 e. The van der Waals surface area contributed by atoms with E-state index in [1.807, 2.05) is 25.7 Å². The van der Waals surface area contributed by atoms with Gasteiger partial charge in [0, 0.05) is 13.1 Å². The van der Waals surface area contributed by atoms with Gasteiger partial charge in [0.1, 0.15) is 0 Å². The number of amides is 2. The predicted molar refractivity (Wildman–Crippen MR) is 69.0 cm³/mol. The smallest absolute Gasteiger partial charge is 0.242 e. The lowest BCUT2D eigenvalue weighted by atomic mass is 9.89. The van der Waals surface area contributed by atoms with E-state index in [1.54, 1.807) is 0 Å². The second kappa shape index (κ2) is 4.88. The topological polar surface area (TPSA) is 61.4 Å². The van der Waals surface area contributed by atoms with Crippen LogP contribution in [0.4, 0.5) is 0 Å². The molecule has 0 spiro atoms. The second-order valence-corrected chi connectivity index (χ2v) is 5.72. The first-order valence-corrected chi connectivity index (χ1v) is 6.81. The van der Waals surface area contributed by atoms with Gasteiger partial charge < -0.3 is 15.5 Å². The third kappa shape index (κ3) is 2.23. The van der Waals surface area contributed by atoms with Crippen LogP contribution in [0.25, 0.3) is 0 Å². The molecule has 0 aliphatic carbocycles. The number of hydrogen-bond acceptors (Lipinski definition) is 3. The highest BCUT2D eigenvalue weighted by molar-refractivity contribution is 5.88. The molecule has 5 heteroatoms. The lowest BCUT2D eigenvalue weighted by molar-refractivity contribution is -0.142. The van der Waals surface area contributed by atoms with Crippen LogP contribution in [-0.4, -0.2) is 47.9 Å². The fourth-order valence-corrected chi connectivity index (χ4v) is 3.08. The van der Waals surface area contributed by atoms with Gasteiger partial charge in [-0.05, 0) is 33.2 Å². The summed E-state index contributed by atoms with van der Waals surface area (Å²) in [5.41, 5.74) is -0.553. The molecule has 2 N–H and O–H groups in total. The third-order valence-electron chi connectivity index (χ3n) is 4.02. The van der Waals surface area contributed by atoms with Crippen molar-refractivity contribution >= 4 is 11.8 Å². The molecule has 2 fully saturated rings. The molecule has 2 aliphatic rings. The maximum atomic E-state index is 12.6. The molecule has 2 saturated heterocycles. The summed E-state index contributed by atoms with van der Waals surface area (Å²) in [4.78, 5) is 26.2. The van der Waals surface area contributed by atoms with E-state index in [4.69, 9.17) is 0 Å². The van der Waals surface area contributed by atoms with Gasteiger partial charge in [0.05, 0.1) is 17.5 Å². The van der Waals surface area contributed by atoms with Crippen LogP contribution in [0.5, 0.6) is 0 Å². The summed E-state index contributed by atoms with van der Waals surface area (Å²) in [6.07, 6.45) is 1.82. The van der Waals surface area contributed by atoms with Crippen LogP contribution in [0.1, 0.15) is 33.6 Å². The lowest BCUT2D eigenvalue weighted by Gasteiger charge is -2.40. The molecule has 2 heterocycles. The number of likely N-dealkylation sites (tertiary alicyclic amines) is 1. The molecule has 5 nitrogen and oxygen atoms in total. The van der Waals surface area contributed by atoms with Crippen LogP contribution >= 0.6 is 0 Å². The van der Waals surface area contributed by atoms with Gasteiger partial charge in [-0.25, -0.2) is 0 Å². The first kappa shape index (κ1) is 13.3. The Morgan fingerprint density at radius 1 is 1.56 bits per heavy atom. The van der Waals surface area contributed by atoms with Gasteiger partial charge in [-0.1, -0.05) is 6.92 Å². The van der Waals surface area contributed by atoms with Crippen molar-refractivity contribution in [3.8, 4) is 0 Å². The number of piperidine rings is 1. The summed E-state index contributed by atoms with van der Waals surface area (Å²) < 4.78 is 0. The highest BCUT2D eigenvalue weighted by atomic mass is 16.2. The predicted octanol–water partition coefficient (Wildman–Crippen LogP) is 0.112. The Hall–Kier alpha value is -1.10. The number of nitrogens with one attached hydrogen (secondary N) is 2. The summed E-state index contributed by atoms with van der Waals surface area (Å²) in [6, 6.07) is 0.0525. The van der Waals surface area contributed by atoms with E-state index in [0.717, 1.165) is 25.9 Å². The van der Waals surface area contributed by atoms with Crippen LogP contribution in [-0.2, 0) is 9.59 Å². The number of carbonyl (C=O) groups is 2. The zero-order valence-electron chi connectivity index (χ0n) is 11.5. The molecule has 2 unspecified atom stereocenters. The average molecular weight is 253 g/mol. The quantitative estimate of drug-likeness (QED) is 0.750.